The predicted octanol–water partition coefficient (Wildman–Crippen LogP) is 3.63. The first-order valence-corrected chi connectivity index (χ1v) is 10.1. The molecule has 0 aliphatic carbocycles. The van der Waals surface area contributed by atoms with Gasteiger partial charge >= 0.3 is 0 Å². The van der Waals surface area contributed by atoms with E-state index in [1.54, 1.807) is 36.4 Å². The van der Waals surface area contributed by atoms with Gasteiger partial charge in [0.1, 0.15) is 0 Å². The van der Waals surface area contributed by atoms with Crippen LogP contribution in [0.4, 0.5) is 11.4 Å². The van der Waals surface area contributed by atoms with Crippen molar-refractivity contribution in [2.24, 2.45) is 0 Å². The topological polar surface area (TPSA) is 141 Å². The van der Waals surface area contributed by atoms with Crippen LogP contribution in [0.5, 0.6) is 0 Å². The molecule has 0 atom stereocenters. The molecule has 1 N–H and O–H groups in total. The summed E-state index contributed by atoms with van der Waals surface area (Å²) in [5.41, 5.74) is 0.561. The van der Waals surface area contributed by atoms with Crippen LogP contribution in [0.25, 0.3) is 11.6 Å². The van der Waals surface area contributed by atoms with Crippen molar-refractivity contribution in [1.82, 2.24) is 10.1 Å². The SMILES string of the molecule is O=[N+]([O-])c1cccc(S(=O)(=O)Nc2ccccc2Cc2nc(-c3ccco3)no2)c1. The molecule has 11 heteroatoms. The van der Waals surface area contributed by atoms with Gasteiger partial charge < -0.3 is 8.94 Å². The highest BCUT2D eigenvalue weighted by Gasteiger charge is 2.20. The van der Waals surface area contributed by atoms with Gasteiger partial charge in [0, 0.05) is 12.1 Å². The summed E-state index contributed by atoms with van der Waals surface area (Å²) >= 11 is 0. The maximum atomic E-state index is 12.7. The van der Waals surface area contributed by atoms with Crippen LogP contribution in [-0.4, -0.2) is 23.5 Å². The first-order chi connectivity index (χ1) is 14.4. The molecule has 0 aliphatic heterocycles. The molecule has 10 nitrogen and oxygen atoms in total. The number of non-ortho nitro benzene ring substituents is 1. The molecule has 152 valence electrons. The number of aromatic nitrogens is 2. The van der Waals surface area contributed by atoms with Crippen molar-refractivity contribution in [3.63, 3.8) is 0 Å². The van der Waals surface area contributed by atoms with Crippen molar-refractivity contribution < 1.29 is 22.3 Å². The molecule has 2 aromatic carbocycles. The molecule has 2 aromatic heterocycles. The van der Waals surface area contributed by atoms with Gasteiger partial charge in [-0.1, -0.05) is 29.4 Å². The van der Waals surface area contributed by atoms with Crippen LogP contribution in [0.15, 0.2) is 80.8 Å². The standard InChI is InChI=1S/C19H14N4O6S/c24-23(25)14-6-3-7-15(12-14)30(26,27)22-16-8-2-1-5-13(16)11-18-20-19(21-29-18)17-9-4-10-28-17/h1-10,12,22H,11H2. The van der Waals surface area contributed by atoms with Crippen LogP contribution in [0, 0.1) is 10.1 Å². The minimum absolute atomic E-state index is 0.168. The molecule has 4 rings (SSSR count). The van der Waals surface area contributed by atoms with E-state index >= 15 is 0 Å². The van der Waals surface area contributed by atoms with Crippen molar-refractivity contribution in [1.29, 1.82) is 0 Å². The van der Waals surface area contributed by atoms with Gasteiger partial charge in [0.25, 0.3) is 15.7 Å². The highest BCUT2D eigenvalue weighted by molar-refractivity contribution is 7.92. The van der Waals surface area contributed by atoms with Crippen LogP contribution in [0.2, 0.25) is 0 Å². The third-order valence-corrected chi connectivity index (χ3v) is 5.51. The predicted molar refractivity (Wildman–Crippen MR) is 105 cm³/mol. The molecular weight excluding hydrogens is 412 g/mol. The van der Waals surface area contributed by atoms with Crippen molar-refractivity contribution in [2.75, 3.05) is 4.72 Å². The minimum atomic E-state index is -4.05. The van der Waals surface area contributed by atoms with Crippen molar-refractivity contribution in [3.05, 3.63) is 88.5 Å². The summed E-state index contributed by atoms with van der Waals surface area (Å²) in [7, 11) is -4.05. The largest absolute Gasteiger partial charge is 0.461 e. The van der Waals surface area contributed by atoms with E-state index in [1.165, 1.54) is 24.5 Å². The van der Waals surface area contributed by atoms with Gasteiger partial charge in [-0.3, -0.25) is 14.8 Å². The first-order valence-electron chi connectivity index (χ1n) is 8.64. The Morgan fingerprint density at radius 1 is 1.07 bits per heavy atom. The maximum absolute atomic E-state index is 12.7. The molecule has 30 heavy (non-hydrogen) atoms. The lowest BCUT2D eigenvalue weighted by atomic mass is 10.1. The van der Waals surface area contributed by atoms with E-state index in [0.717, 1.165) is 6.07 Å². The third kappa shape index (κ3) is 4.05. The molecule has 0 saturated heterocycles. The molecule has 0 aliphatic rings. The normalized spacial score (nSPS) is 11.3. The monoisotopic (exact) mass is 426 g/mol. The fraction of sp³-hybridized carbons (Fsp3) is 0.0526. The average molecular weight is 426 g/mol. The van der Waals surface area contributed by atoms with Crippen LogP contribution < -0.4 is 4.72 Å². The van der Waals surface area contributed by atoms with E-state index in [9.17, 15) is 18.5 Å². The second-order valence-corrected chi connectivity index (χ2v) is 7.87. The number of sulfonamides is 1. The number of para-hydroxylation sites is 1. The average Bonchev–Trinajstić information content (AvgIpc) is 3.41. The second kappa shape index (κ2) is 7.79. The van der Waals surface area contributed by atoms with Crippen LogP contribution in [-0.2, 0) is 16.4 Å². The van der Waals surface area contributed by atoms with E-state index in [4.69, 9.17) is 8.94 Å². The van der Waals surface area contributed by atoms with E-state index < -0.39 is 14.9 Å². The molecule has 0 saturated carbocycles. The van der Waals surface area contributed by atoms with Crippen molar-refractivity contribution in [3.8, 4) is 11.6 Å². The fourth-order valence-electron chi connectivity index (χ4n) is 2.74. The van der Waals surface area contributed by atoms with Gasteiger partial charge in [-0.15, -0.1) is 0 Å². The van der Waals surface area contributed by atoms with Gasteiger partial charge in [0.05, 0.1) is 28.2 Å². The van der Waals surface area contributed by atoms with E-state index in [0.29, 0.717) is 17.0 Å². The number of benzene rings is 2. The molecule has 2 heterocycles. The van der Waals surface area contributed by atoms with Gasteiger partial charge in [-0.05, 0) is 29.8 Å². The number of furan rings is 1. The van der Waals surface area contributed by atoms with Gasteiger partial charge in [0.2, 0.25) is 11.7 Å². The van der Waals surface area contributed by atoms with E-state index in [1.807, 2.05) is 0 Å². The number of hydrogen-bond donors (Lipinski definition) is 1. The summed E-state index contributed by atoms with van der Waals surface area (Å²) in [6.45, 7) is 0. The maximum Gasteiger partial charge on any atom is 0.270 e. The Balaban J connectivity index is 1.59. The zero-order valence-corrected chi connectivity index (χ0v) is 16.1. The number of nitrogens with one attached hydrogen (secondary N) is 1. The lowest BCUT2D eigenvalue weighted by molar-refractivity contribution is -0.385. The Hall–Kier alpha value is -3.99. The summed E-state index contributed by atoms with van der Waals surface area (Å²) in [6.07, 6.45) is 1.66. The minimum Gasteiger partial charge on any atom is -0.461 e. The molecule has 0 bridgehead atoms. The molecule has 4 aromatic rings. The van der Waals surface area contributed by atoms with E-state index in [-0.39, 0.29) is 28.7 Å². The lowest BCUT2D eigenvalue weighted by Gasteiger charge is -2.11. The van der Waals surface area contributed by atoms with Crippen molar-refractivity contribution >= 4 is 21.4 Å². The van der Waals surface area contributed by atoms with Crippen LogP contribution in [0.1, 0.15) is 11.5 Å². The molecule has 0 unspecified atom stereocenters. The summed E-state index contributed by atoms with van der Waals surface area (Å²) in [6, 6.07) is 14.9. The third-order valence-electron chi connectivity index (χ3n) is 4.15. The zero-order valence-electron chi connectivity index (χ0n) is 15.3. The fourth-order valence-corrected chi connectivity index (χ4v) is 3.88. The summed E-state index contributed by atoms with van der Waals surface area (Å²) in [4.78, 5) is 14.3. The Morgan fingerprint density at radius 2 is 1.90 bits per heavy atom. The molecular formula is C19H14N4O6S. The molecule has 0 radical (unpaired) electrons. The quantitative estimate of drug-likeness (QED) is 0.349. The Kier molecular flexibility index (Phi) is 5.02. The first kappa shape index (κ1) is 19.3. The van der Waals surface area contributed by atoms with Crippen molar-refractivity contribution in [2.45, 2.75) is 11.3 Å². The van der Waals surface area contributed by atoms with Crippen LogP contribution in [0.3, 0.4) is 0 Å². The molecule has 0 spiro atoms. The summed E-state index contributed by atoms with van der Waals surface area (Å²) in [5, 5.41) is 14.8. The summed E-state index contributed by atoms with van der Waals surface area (Å²) < 4.78 is 38.4. The number of nitro benzene ring substituents is 1. The molecule has 0 fully saturated rings. The highest BCUT2D eigenvalue weighted by Crippen LogP contribution is 2.25. The number of nitro groups is 1. The highest BCUT2D eigenvalue weighted by atomic mass is 32.2. The number of rotatable bonds is 7. The Labute approximate surface area is 170 Å². The van der Waals surface area contributed by atoms with Gasteiger partial charge in [0.15, 0.2) is 5.76 Å². The Bertz CT molecular complexity index is 1300. The number of anilines is 1. The number of nitrogens with zero attached hydrogens (tertiary/aromatic N) is 3. The van der Waals surface area contributed by atoms with Gasteiger partial charge in [-0.2, -0.15) is 4.98 Å². The zero-order chi connectivity index (χ0) is 21.1. The van der Waals surface area contributed by atoms with Gasteiger partial charge in [-0.25, -0.2) is 8.42 Å². The van der Waals surface area contributed by atoms with Crippen LogP contribution >= 0.6 is 0 Å². The Morgan fingerprint density at radius 3 is 2.67 bits per heavy atom. The molecule has 0 amide bonds. The smallest absolute Gasteiger partial charge is 0.270 e. The lowest BCUT2D eigenvalue weighted by Crippen LogP contribution is -2.14. The second-order valence-electron chi connectivity index (χ2n) is 6.18. The van der Waals surface area contributed by atoms with E-state index in [2.05, 4.69) is 14.9 Å². The number of hydrogen-bond acceptors (Lipinski definition) is 8. The summed E-state index contributed by atoms with van der Waals surface area (Å²) in [5.74, 6) is 0.998.